The molecular formula is C20H21ClN4O2. The van der Waals surface area contributed by atoms with Gasteiger partial charge < -0.3 is 9.42 Å². The Morgan fingerprint density at radius 3 is 2.56 bits per heavy atom. The molecule has 1 amide bonds. The van der Waals surface area contributed by atoms with Crippen LogP contribution in [0.25, 0.3) is 11.8 Å². The Hall–Kier alpha value is -2.86. The minimum Gasteiger partial charge on any atom is -0.361 e. The van der Waals surface area contributed by atoms with E-state index in [9.17, 15) is 4.79 Å². The average Bonchev–Trinajstić information content (AvgIpc) is 3.13. The number of rotatable bonds is 5. The number of hydrogen-bond donors (Lipinski definition) is 0. The smallest absolute Gasteiger partial charge is 0.246 e. The summed E-state index contributed by atoms with van der Waals surface area (Å²) < 4.78 is 6.81. The normalized spacial score (nSPS) is 11.3. The lowest BCUT2D eigenvalue weighted by atomic mass is 10.2. The van der Waals surface area contributed by atoms with E-state index in [1.54, 1.807) is 22.7 Å². The first-order valence-electron chi connectivity index (χ1n) is 8.54. The molecule has 140 valence electrons. The van der Waals surface area contributed by atoms with Crippen molar-refractivity contribution < 1.29 is 9.32 Å². The molecule has 0 bridgehead atoms. The Kier molecular flexibility index (Phi) is 5.46. The first-order chi connectivity index (χ1) is 12.9. The van der Waals surface area contributed by atoms with Crippen LogP contribution in [0.2, 0.25) is 5.15 Å². The lowest BCUT2D eigenvalue weighted by Gasteiger charge is -2.14. The van der Waals surface area contributed by atoms with Gasteiger partial charge in [-0.25, -0.2) is 4.68 Å². The van der Waals surface area contributed by atoms with Crippen LogP contribution in [-0.2, 0) is 11.3 Å². The molecule has 0 spiro atoms. The number of halogens is 1. The molecule has 3 aromatic rings. The summed E-state index contributed by atoms with van der Waals surface area (Å²) in [5.41, 5.74) is 4.05. The van der Waals surface area contributed by atoms with Crippen molar-refractivity contribution in [2.45, 2.75) is 27.3 Å². The van der Waals surface area contributed by atoms with E-state index in [2.05, 4.69) is 10.3 Å². The maximum absolute atomic E-state index is 12.5. The largest absolute Gasteiger partial charge is 0.361 e. The van der Waals surface area contributed by atoms with Gasteiger partial charge in [0.05, 0.1) is 23.6 Å². The van der Waals surface area contributed by atoms with Gasteiger partial charge in [0.1, 0.15) is 10.9 Å². The molecule has 0 saturated carbocycles. The van der Waals surface area contributed by atoms with Crippen molar-refractivity contribution >= 4 is 23.6 Å². The molecule has 0 N–H and O–H groups in total. The Morgan fingerprint density at radius 1 is 1.22 bits per heavy atom. The first-order valence-corrected chi connectivity index (χ1v) is 8.91. The van der Waals surface area contributed by atoms with Gasteiger partial charge >= 0.3 is 0 Å². The maximum Gasteiger partial charge on any atom is 0.246 e. The summed E-state index contributed by atoms with van der Waals surface area (Å²) in [5.74, 6) is 0.581. The number of hydrogen-bond acceptors (Lipinski definition) is 4. The SMILES string of the molecule is Cc1nn(-c2ccccc2)c(Cl)c1/C=C/C(=O)N(C)Cc1c(C)noc1C. The Labute approximate surface area is 163 Å². The van der Waals surface area contributed by atoms with Crippen molar-refractivity contribution in [1.29, 1.82) is 0 Å². The van der Waals surface area contributed by atoms with E-state index in [1.807, 2.05) is 51.1 Å². The van der Waals surface area contributed by atoms with Gasteiger partial charge in [-0.05, 0) is 39.0 Å². The van der Waals surface area contributed by atoms with Gasteiger partial charge in [-0.15, -0.1) is 0 Å². The Bertz CT molecular complexity index is 970. The lowest BCUT2D eigenvalue weighted by molar-refractivity contribution is -0.125. The van der Waals surface area contributed by atoms with Crippen molar-refractivity contribution in [2.24, 2.45) is 0 Å². The van der Waals surface area contributed by atoms with E-state index in [1.165, 1.54) is 6.08 Å². The monoisotopic (exact) mass is 384 g/mol. The summed E-state index contributed by atoms with van der Waals surface area (Å²) in [6.45, 7) is 6.00. The molecule has 3 rings (SSSR count). The standard InChI is InChI=1S/C20H21ClN4O2/c1-13-17(20(21)25(22-13)16-8-6-5-7-9-16)10-11-19(26)24(4)12-18-14(2)23-27-15(18)3/h5-11H,12H2,1-4H3/b11-10+. The number of nitrogens with zero attached hydrogens (tertiary/aromatic N) is 4. The van der Waals surface area contributed by atoms with Crippen LogP contribution in [0.5, 0.6) is 0 Å². The van der Waals surface area contributed by atoms with Crippen molar-refractivity contribution in [3.8, 4) is 5.69 Å². The highest BCUT2D eigenvalue weighted by Gasteiger charge is 2.15. The molecule has 7 heteroatoms. The van der Waals surface area contributed by atoms with E-state index in [0.29, 0.717) is 11.7 Å². The predicted molar refractivity (Wildman–Crippen MR) is 105 cm³/mol. The molecule has 0 aliphatic heterocycles. The van der Waals surface area contributed by atoms with Gasteiger partial charge in [0.2, 0.25) is 5.91 Å². The molecule has 0 radical (unpaired) electrons. The van der Waals surface area contributed by atoms with Gasteiger partial charge in [0, 0.05) is 24.3 Å². The first kappa shape index (κ1) is 18.9. The number of carbonyl (C=O) groups excluding carboxylic acids is 1. The quantitative estimate of drug-likeness (QED) is 0.621. The summed E-state index contributed by atoms with van der Waals surface area (Å²) in [7, 11) is 1.74. The number of likely N-dealkylation sites (N-methyl/N-ethyl adjacent to an activating group) is 1. The highest BCUT2D eigenvalue weighted by Crippen LogP contribution is 2.24. The molecule has 0 fully saturated rings. The van der Waals surface area contributed by atoms with Crippen molar-refractivity contribution in [3.05, 3.63) is 69.8 Å². The molecular weight excluding hydrogens is 364 g/mol. The number of benzene rings is 1. The Balaban J connectivity index is 1.78. The lowest BCUT2D eigenvalue weighted by Crippen LogP contribution is -2.24. The summed E-state index contributed by atoms with van der Waals surface area (Å²) in [6, 6.07) is 9.63. The Morgan fingerprint density at radius 2 is 1.93 bits per heavy atom. The van der Waals surface area contributed by atoms with E-state index >= 15 is 0 Å². The maximum atomic E-state index is 12.5. The van der Waals surface area contributed by atoms with E-state index in [-0.39, 0.29) is 5.91 Å². The summed E-state index contributed by atoms with van der Waals surface area (Å²) in [5, 5.41) is 8.86. The van der Waals surface area contributed by atoms with Crippen LogP contribution in [0.3, 0.4) is 0 Å². The van der Waals surface area contributed by atoms with Gasteiger partial charge in [0.15, 0.2) is 0 Å². The summed E-state index contributed by atoms with van der Waals surface area (Å²) in [4.78, 5) is 14.1. The topological polar surface area (TPSA) is 64.2 Å². The van der Waals surface area contributed by atoms with Crippen molar-refractivity contribution in [2.75, 3.05) is 7.05 Å². The van der Waals surface area contributed by atoms with Crippen LogP contribution in [0.15, 0.2) is 40.9 Å². The number of amides is 1. The van der Waals surface area contributed by atoms with E-state index in [4.69, 9.17) is 16.1 Å². The molecule has 0 aliphatic rings. The van der Waals surface area contributed by atoms with Crippen LogP contribution in [0, 0.1) is 20.8 Å². The van der Waals surface area contributed by atoms with Crippen LogP contribution < -0.4 is 0 Å². The zero-order valence-corrected chi connectivity index (χ0v) is 16.5. The van der Waals surface area contributed by atoms with Gasteiger partial charge in [-0.3, -0.25) is 4.79 Å². The second-order valence-corrected chi connectivity index (χ2v) is 6.73. The molecule has 2 heterocycles. The van der Waals surface area contributed by atoms with E-state index < -0.39 is 0 Å². The average molecular weight is 385 g/mol. The number of aryl methyl sites for hydroxylation is 3. The predicted octanol–water partition coefficient (Wildman–Crippen LogP) is 4.11. The van der Waals surface area contributed by atoms with Gasteiger partial charge in [-0.1, -0.05) is 35.0 Å². The zero-order valence-electron chi connectivity index (χ0n) is 15.7. The molecule has 0 atom stereocenters. The second kappa shape index (κ2) is 7.80. The van der Waals surface area contributed by atoms with Crippen LogP contribution in [0.4, 0.5) is 0 Å². The summed E-state index contributed by atoms with van der Waals surface area (Å²) in [6.07, 6.45) is 3.21. The molecule has 0 aliphatic carbocycles. The van der Waals surface area contributed by atoms with Crippen molar-refractivity contribution in [1.82, 2.24) is 19.8 Å². The van der Waals surface area contributed by atoms with Crippen molar-refractivity contribution in [3.63, 3.8) is 0 Å². The van der Waals surface area contributed by atoms with Crippen LogP contribution >= 0.6 is 11.6 Å². The fraction of sp³-hybridized carbons (Fsp3) is 0.250. The molecule has 0 saturated heterocycles. The fourth-order valence-electron chi connectivity index (χ4n) is 2.77. The van der Waals surface area contributed by atoms with Crippen LogP contribution in [0.1, 0.15) is 28.3 Å². The number of para-hydroxylation sites is 1. The van der Waals surface area contributed by atoms with E-state index in [0.717, 1.165) is 34.0 Å². The molecule has 2 aromatic heterocycles. The highest BCUT2D eigenvalue weighted by molar-refractivity contribution is 6.31. The third kappa shape index (κ3) is 3.95. The summed E-state index contributed by atoms with van der Waals surface area (Å²) >= 11 is 6.49. The molecule has 1 aromatic carbocycles. The number of aromatic nitrogens is 3. The fourth-order valence-corrected chi connectivity index (χ4v) is 3.10. The van der Waals surface area contributed by atoms with Gasteiger partial charge in [0.25, 0.3) is 0 Å². The minimum absolute atomic E-state index is 0.141. The molecule has 0 unspecified atom stereocenters. The second-order valence-electron chi connectivity index (χ2n) is 6.37. The molecule has 27 heavy (non-hydrogen) atoms. The minimum atomic E-state index is -0.141. The third-order valence-electron chi connectivity index (χ3n) is 4.39. The third-order valence-corrected chi connectivity index (χ3v) is 4.76. The molecule has 6 nitrogen and oxygen atoms in total. The highest BCUT2D eigenvalue weighted by atomic mass is 35.5. The van der Waals surface area contributed by atoms with Crippen LogP contribution in [-0.4, -0.2) is 32.8 Å². The van der Waals surface area contributed by atoms with Gasteiger partial charge in [-0.2, -0.15) is 5.10 Å². The zero-order chi connectivity index (χ0) is 19.6. The number of carbonyl (C=O) groups is 1.